The molecule has 0 saturated carbocycles. The molecule has 2 aromatic rings. The Morgan fingerprint density at radius 2 is 1.64 bits per heavy atom. The maximum Gasteiger partial charge on any atom is 0.410 e. The summed E-state index contributed by atoms with van der Waals surface area (Å²) in [5.41, 5.74) is 1.81. The fraction of sp³-hybridized carbons (Fsp3) is 0.581. The lowest BCUT2D eigenvalue weighted by molar-refractivity contribution is -0.143. The van der Waals surface area contributed by atoms with E-state index < -0.39 is 12.2 Å². The number of likely N-dealkylation sites (tertiary alicyclic amines) is 2. The van der Waals surface area contributed by atoms with E-state index >= 15 is 0 Å². The molecule has 3 fully saturated rings. The van der Waals surface area contributed by atoms with E-state index in [1.165, 1.54) is 0 Å². The number of fused-ring (bicyclic) bond motifs is 1. The first-order valence-corrected chi connectivity index (χ1v) is 18.0. The maximum absolute atomic E-state index is 13.9. The molecule has 0 unspecified atom stereocenters. The van der Waals surface area contributed by atoms with Gasteiger partial charge in [0, 0.05) is 71.6 Å². The summed E-state index contributed by atoms with van der Waals surface area (Å²) in [5.74, 6) is -0.132. The first-order chi connectivity index (χ1) is 21.2. The second-order valence-corrected chi connectivity index (χ2v) is 15.0. The Labute approximate surface area is 279 Å². The highest BCUT2D eigenvalue weighted by molar-refractivity contribution is 9.13. The van der Waals surface area contributed by atoms with Crippen molar-refractivity contribution in [3.8, 4) is 0 Å². The molecule has 1 atom stereocenters. The van der Waals surface area contributed by atoms with Crippen molar-refractivity contribution < 1.29 is 19.1 Å². The topological polar surface area (TPSA) is 88.7 Å². The molecule has 238 valence electrons. The van der Waals surface area contributed by atoms with Gasteiger partial charge >= 0.3 is 12.1 Å². The predicted octanol–water partition coefficient (Wildman–Crippen LogP) is 5.07. The number of halogens is 2. The number of nitrogens with zero attached hydrogens (tertiary/aromatic N) is 5. The minimum Gasteiger partial charge on any atom is -0.436 e. The van der Waals surface area contributed by atoms with Crippen molar-refractivity contribution in [1.82, 2.24) is 24.5 Å². The van der Waals surface area contributed by atoms with Gasteiger partial charge in [-0.1, -0.05) is 6.07 Å². The molecule has 4 amide bonds. The molecular weight excluding hydrogens is 712 g/mol. The van der Waals surface area contributed by atoms with E-state index in [-0.39, 0.29) is 18.0 Å². The summed E-state index contributed by atoms with van der Waals surface area (Å²) in [6.07, 6.45) is 2.59. The molecule has 4 aliphatic rings. The summed E-state index contributed by atoms with van der Waals surface area (Å²) in [7, 11) is 2.17. The summed E-state index contributed by atoms with van der Waals surface area (Å²) in [6.45, 7) is 6.74. The predicted molar refractivity (Wildman–Crippen MR) is 178 cm³/mol. The van der Waals surface area contributed by atoms with E-state index in [1.807, 2.05) is 39.4 Å². The van der Waals surface area contributed by atoms with Gasteiger partial charge in [0.05, 0.1) is 12.2 Å². The number of carbonyl (C=O) groups is 3. The van der Waals surface area contributed by atoms with E-state index in [4.69, 9.17) is 4.74 Å². The average Bonchev–Trinajstić information content (AvgIpc) is 3.49. The molecule has 0 bridgehead atoms. The molecule has 6 rings (SSSR count). The van der Waals surface area contributed by atoms with Crippen LogP contribution in [0.4, 0.5) is 15.3 Å². The number of hydrogen-bond donors (Lipinski definition) is 1. The molecular formula is C31H40Br2N6O4S. The van der Waals surface area contributed by atoms with Gasteiger partial charge < -0.3 is 29.7 Å². The Hall–Kier alpha value is -2.19. The molecule has 5 heterocycles. The van der Waals surface area contributed by atoms with Gasteiger partial charge in [0.2, 0.25) is 0 Å². The van der Waals surface area contributed by atoms with Crippen molar-refractivity contribution in [1.29, 1.82) is 0 Å². The van der Waals surface area contributed by atoms with Crippen LogP contribution >= 0.6 is 43.2 Å². The SMILES string of the molecule is CN1CCC(N2CCN(C(=O)[C@@H](Cc3ccc(Br)c(Br)c3)OC(=O)N3CCC(N4Cc5sccc5NC4=O)CC3)CC2)CC1. The van der Waals surface area contributed by atoms with Gasteiger partial charge in [-0.25, -0.2) is 9.59 Å². The lowest BCUT2D eigenvalue weighted by atomic mass is 10.0. The van der Waals surface area contributed by atoms with Gasteiger partial charge in [-0.2, -0.15) is 0 Å². The van der Waals surface area contributed by atoms with Gasteiger partial charge in [-0.15, -0.1) is 11.3 Å². The summed E-state index contributed by atoms with van der Waals surface area (Å²) < 4.78 is 7.84. The third kappa shape index (κ3) is 7.27. The molecule has 10 nitrogen and oxygen atoms in total. The highest BCUT2D eigenvalue weighted by Crippen LogP contribution is 2.32. The number of benzene rings is 1. The van der Waals surface area contributed by atoms with Crippen LogP contribution in [0.2, 0.25) is 0 Å². The first kappa shape index (κ1) is 31.8. The Kier molecular flexibility index (Phi) is 10.2. The van der Waals surface area contributed by atoms with Crippen molar-refractivity contribution >= 4 is 66.9 Å². The number of piperidine rings is 2. The average molecular weight is 753 g/mol. The molecule has 1 aromatic heterocycles. The van der Waals surface area contributed by atoms with Crippen LogP contribution in [-0.4, -0.2) is 120 Å². The van der Waals surface area contributed by atoms with E-state index in [1.54, 1.807) is 16.2 Å². The van der Waals surface area contributed by atoms with E-state index in [0.717, 1.165) is 64.1 Å². The Bertz CT molecular complexity index is 1350. The van der Waals surface area contributed by atoms with Gasteiger partial charge in [0.25, 0.3) is 5.91 Å². The largest absolute Gasteiger partial charge is 0.436 e. The summed E-state index contributed by atoms with van der Waals surface area (Å²) in [4.78, 5) is 51.6. The minimum atomic E-state index is -0.909. The quantitative estimate of drug-likeness (QED) is 0.444. The van der Waals surface area contributed by atoms with Crippen molar-refractivity contribution in [3.05, 3.63) is 49.0 Å². The van der Waals surface area contributed by atoms with Crippen molar-refractivity contribution in [3.63, 3.8) is 0 Å². The monoisotopic (exact) mass is 750 g/mol. The molecule has 3 saturated heterocycles. The lowest BCUT2D eigenvalue weighted by Crippen LogP contribution is -2.56. The molecule has 0 radical (unpaired) electrons. The molecule has 44 heavy (non-hydrogen) atoms. The van der Waals surface area contributed by atoms with Gasteiger partial charge in [-0.05, 0) is 107 Å². The zero-order chi connectivity index (χ0) is 30.8. The summed E-state index contributed by atoms with van der Waals surface area (Å²) in [6, 6.07) is 8.33. The van der Waals surface area contributed by atoms with E-state index in [9.17, 15) is 14.4 Å². The number of ether oxygens (including phenoxy) is 1. The standard InChI is InChI=1S/C31H40Br2N6O4S/c1-35-9-4-22(5-10-35)36-13-15-37(16-14-36)29(40)27(19-21-2-3-24(32)25(33)18-21)43-31(42)38-11-6-23(7-12-38)39-20-28-26(8-17-44-28)34-30(39)41/h2-3,8,17-18,22-23,27H,4-7,9-16,19-20H2,1H3,(H,34,41)/t27-/m1/s1. The molecule has 1 aromatic carbocycles. The van der Waals surface area contributed by atoms with Crippen LogP contribution in [0.3, 0.4) is 0 Å². The number of carbonyl (C=O) groups excluding carboxylic acids is 3. The van der Waals surface area contributed by atoms with Gasteiger partial charge in [0.15, 0.2) is 6.10 Å². The minimum absolute atomic E-state index is 0.0488. The van der Waals surface area contributed by atoms with Crippen LogP contribution in [0.5, 0.6) is 0 Å². The molecule has 1 N–H and O–H groups in total. The molecule has 0 spiro atoms. The van der Waals surface area contributed by atoms with Crippen LogP contribution in [0.15, 0.2) is 38.6 Å². The third-order valence-corrected chi connectivity index (χ3v) is 12.3. The molecule has 4 aliphatic heterocycles. The lowest BCUT2D eigenvalue weighted by Gasteiger charge is -2.43. The summed E-state index contributed by atoms with van der Waals surface area (Å²) >= 11 is 8.72. The first-order valence-electron chi connectivity index (χ1n) is 15.5. The second-order valence-electron chi connectivity index (χ2n) is 12.3. The highest BCUT2D eigenvalue weighted by Gasteiger charge is 2.37. The normalized spacial score (nSPS) is 21.6. The van der Waals surface area contributed by atoms with Gasteiger partial charge in [-0.3, -0.25) is 9.69 Å². The number of rotatable bonds is 6. The van der Waals surface area contributed by atoms with E-state index in [0.29, 0.717) is 58.0 Å². The number of nitrogens with one attached hydrogen (secondary N) is 1. The van der Waals surface area contributed by atoms with Crippen LogP contribution in [0, 0.1) is 0 Å². The van der Waals surface area contributed by atoms with E-state index in [2.05, 4.69) is 54.0 Å². The molecule has 0 aliphatic carbocycles. The number of amides is 4. The van der Waals surface area contributed by atoms with Crippen molar-refractivity contribution in [2.24, 2.45) is 0 Å². The van der Waals surface area contributed by atoms with Crippen molar-refractivity contribution in [2.45, 2.75) is 56.8 Å². The second kappa shape index (κ2) is 14.1. The zero-order valence-electron chi connectivity index (χ0n) is 25.1. The number of urea groups is 1. The van der Waals surface area contributed by atoms with Crippen molar-refractivity contribution in [2.75, 3.05) is 64.7 Å². The zero-order valence-corrected chi connectivity index (χ0v) is 29.0. The number of hydrogen-bond acceptors (Lipinski definition) is 7. The fourth-order valence-electron chi connectivity index (χ4n) is 6.77. The number of anilines is 1. The number of thiophene rings is 1. The molecule has 13 heteroatoms. The van der Waals surface area contributed by atoms with Crippen LogP contribution in [0.25, 0.3) is 0 Å². The Balaban J connectivity index is 1.07. The van der Waals surface area contributed by atoms with Crippen LogP contribution in [0.1, 0.15) is 36.1 Å². The van der Waals surface area contributed by atoms with Crippen LogP contribution < -0.4 is 5.32 Å². The maximum atomic E-state index is 13.9. The summed E-state index contributed by atoms with van der Waals surface area (Å²) in [5, 5.41) is 4.98. The Morgan fingerprint density at radius 3 is 2.34 bits per heavy atom. The highest BCUT2D eigenvalue weighted by atomic mass is 79.9. The van der Waals surface area contributed by atoms with Gasteiger partial charge in [0.1, 0.15) is 0 Å². The van der Waals surface area contributed by atoms with Crippen LogP contribution in [-0.2, 0) is 22.5 Å². The Morgan fingerprint density at radius 1 is 0.932 bits per heavy atom. The fourth-order valence-corrected chi connectivity index (χ4v) is 8.27. The number of piperazine rings is 1. The third-order valence-electron chi connectivity index (χ3n) is 9.48. The smallest absolute Gasteiger partial charge is 0.410 e.